The Morgan fingerprint density at radius 1 is 1.06 bits per heavy atom. The van der Waals surface area contributed by atoms with E-state index in [1.165, 1.54) is 23.1 Å². The number of benzene rings is 2. The topological polar surface area (TPSA) is 86.8 Å². The Bertz CT molecular complexity index is 1130. The third kappa shape index (κ3) is 8.40. The molecule has 192 valence electrons. The van der Waals surface area contributed by atoms with Crippen molar-refractivity contribution in [3.63, 3.8) is 0 Å². The first-order valence-corrected chi connectivity index (χ1v) is 14.0. The third-order valence-corrected chi connectivity index (χ3v) is 7.06. The van der Waals surface area contributed by atoms with Gasteiger partial charge in [-0.15, -0.1) is 0 Å². The van der Waals surface area contributed by atoms with E-state index in [1.54, 1.807) is 0 Å². The van der Waals surface area contributed by atoms with Gasteiger partial charge in [-0.05, 0) is 48.6 Å². The summed E-state index contributed by atoms with van der Waals surface area (Å²) in [5.41, 5.74) is 2.00. The minimum atomic E-state index is -3.87. The van der Waals surface area contributed by atoms with Gasteiger partial charge in [0.15, 0.2) is 0 Å². The van der Waals surface area contributed by atoms with Crippen molar-refractivity contribution < 1.29 is 18.0 Å². The van der Waals surface area contributed by atoms with E-state index in [1.807, 2.05) is 52.0 Å². The van der Waals surface area contributed by atoms with Crippen molar-refractivity contribution in [3.8, 4) is 0 Å². The summed E-state index contributed by atoms with van der Waals surface area (Å²) in [6.07, 6.45) is 1.37. The normalized spacial score (nSPS) is 12.3. The number of nitrogens with one attached hydrogen (secondary N) is 1. The van der Waals surface area contributed by atoms with E-state index in [0.717, 1.165) is 21.7 Å². The Morgan fingerprint density at radius 2 is 1.66 bits per heavy atom. The number of aryl methyl sites for hydroxylation is 1. The Hall–Kier alpha value is -2.29. The Morgan fingerprint density at radius 3 is 2.17 bits per heavy atom. The Balaban J connectivity index is 2.47. The number of nitrogens with zero attached hydrogens (tertiary/aromatic N) is 2. The van der Waals surface area contributed by atoms with E-state index in [-0.39, 0.29) is 34.1 Å². The molecule has 0 spiro atoms. The van der Waals surface area contributed by atoms with Gasteiger partial charge in [0.05, 0.1) is 11.9 Å². The molecule has 0 heterocycles. The lowest BCUT2D eigenvalue weighted by atomic mass is 10.1. The minimum absolute atomic E-state index is 0.160. The first-order valence-electron chi connectivity index (χ1n) is 11.4. The maximum absolute atomic E-state index is 13.7. The summed E-state index contributed by atoms with van der Waals surface area (Å²) >= 11 is 12.2. The molecular weight excluding hydrogens is 509 g/mol. The zero-order valence-electron chi connectivity index (χ0n) is 20.7. The summed E-state index contributed by atoms with van der Waals surface area (Å²) in [6, 6.07) is 11.1. The lowest BCUT2D eigenvalue weighted by Crippen LogP contribution is -2.52. The predicted octanol–water partition coefficient (Wildman–Crippen LogP) is 4.65. The van der Waals surface area contributed by atoms with Crippen LogP contribution in [0.3, 0.4) is 0 Å². The average molecular weight is 543 g/mol. The van der Waals surface area contributed by atoms with Crippen molar-refractivity contribution in [2.45, 2.75) is 46.7 Å². The highest BCUT2D eigenvalue weighted by atomic mass is 35.5. The van der Waals surface area contributed by atoms with Gasteiger partial charge in [0.2, 0.25) is 21.8 Å². The number of hydrogen-bond acceptors (Lipinski definition) is 4. The van der Waals surface area contributed by atoms with Crippen molar-refractivity contribution in [1.82, 2.24) is 10.2 Å². The fraction of sp³-hybridized carbons (Fsp3) is 0.440. The predicted molar refractivity (Wildman–Crippen MR) is 142 cm³/mol. The van der Waals surface area contributed by atoms with Crippen LogP contribution in [0.2, 0.25) is 10.0 Å². The molecule has 0 aliphatic heterocycles. The lowest BCUT2D eigenvalue weighted by Gasteiger charge is -2.33. The van der Waals surface area contributed by atoms with Crippen LogP contribution in [0.25, 0.3) is 0 Å². The number of rotatable bonds is 11. The van der Waals surface area contributed by atoms with Gasteiger partial charge in [-0.2, -0.15) is 0 Å². The average Bonchev–Trinajstić information content (AvgIpc) is 2.75. The van der Waals surface area contributed by atoms with Gasteiger partial charge in [-0.1, -0.05) is 68.2 Å². The van der Waals surface area contributed by atoms with E-state index >= 15 is 0 Å². The molecule has 0 saturated carbocycles. The molecule has 1 atom stereocenters. The van der Waals surface area contributed by atoms with E-state index in [0.29, 0.717) is 13.0 Å². The van der Waals surface area contributed by atoms with Crippen LogP contribution in [0.4, 0.5) is 5.69 Å². The number of carbonyl (C=O) groups excluding carboxylic acids is 2. The third-order valence-electron chi connectivity index (χ3n) is 5.49. The van der Waals surface area contributed by atoms with E-state index < -0.39 is 28.5 Å². The number of sulfonamides is 1. The highest BCUT2D eigenvalue weighted by Crippen LogP contribution is 2.27. The van der Waals surface area contributed by atoms with Crippen molar-refractivity contribution in [3.05, 3.63) is 63.6 Å². The molecule has 0 fully saturated rings. The number of amides is 2. The number of hydrogen-bond donors (Lipinski definition) is 1. The molecule has 2 rings (SSSR count). The van der Waals surface area contributed by atoms with Crippen LogP contribution in [0.15, 0.2) is 42.5 Å². The summed E-state index contributed by atoms with van der Waals surface area (Å²) in [7, 11) is -3.87. The molecule has 2 aromatic rings. The smallest absolute Gasteiger partial charge is 0.244 e. The Kier molecular flexibility index (Phi) is 10.4. The lowest BCUT2D eigenvalue weighted by molar-refractivity contribution is -0.140. The summed E-state index contributed by atoms with van der Waals surface area (Å²) in [5, 5.41) is 3.38. The standard InChI is InChI=1S/C25H33Cl2N3O4S/c1-6-23(25(32)28-14-17(2)3)29(15-19-10-8-7-9-18(19)4)24(31)16-30(35(5,33)34)22-12-20(26)11-21(27)13-22/h7-13,17,23H,6,14-16H2,1-5H3,(H,28,32)/t23-/m0/s1. The molecule has 0 aliphatic carbocycles. The van der Waals surface area contributed by atoms with E-state index in [2.05, 4.69) is 5.32 Å². The van der Waals surface area contributed by atoms with Crippen LogP contribution in [0.1, 0.15) is 38.3 Å². The summed E-state index contributed by atoms with van der Waals surface area (Å²) in [6.45, 7) is 7.84. The first-order chi connectivity index (χ1) is 16.3. The second-order valence-corrected chi connectivity index (χ2v) is 11.7. The van der Waals surface area contributed by atoms with Gasteiger partial charge in [0.25, 0.3) is 0 Å². The van der Waals surface area contributed by atoms with Gasteiger partial charge in [-0.25, -0.2) is 8.42 Å². The van der Waals surface area contributed by atoms with Gasteiger partial charge in [0.1, 0.15) is 12.6 Å². The summed E-state index contributed by atoms with van der Waals surface area (Å²) in [4.78, 5) is 28.2. The molecule has 1 N–H and O–H groups in total. The molecule has 10 heteroatoms. The molecule has 0 unspecified atom stereocenters. The fourth-order valence-electron chi connectivity index (χ4n) is 3.61. The van der Waals surface area contributed by atoms with Gasteiger partial charge >= 0.3 is 0 Å². The highest BCUT2D eigenvalue weighted by molar-refractivity contribution is 7.92. The first kappa shape index (κ1) is 28.9. The van der Waals surface area contributed by atoms with Crippen LogP contribution in [-0.2, 0) is 26.2 Å². The quantitative estimate of drug-likeness (QED) is 0.448. The van der Waals surface area contributed by atoms with E-state index in [9.17, 15) is 18.0 Å². The molecule has 7 nitrogen and oxygen atoms in total. The summed E-state index contributed by atoms with van der Waals surface area (Å²) in [5.74, 6) is -0.550. The fourth-order valence-corrected chi connectivity index (χ4v) is 4.96. The number of anilines is 1. The van der Waals surface area contributed by atoms with Crippen LogP contribution < -0.4 is 9.62 Å². The maximum Gasteiger partial charge on any atom is 0.244 e. The second-order valence-electron chi connectivity index (χ2n) is 8.91. The molecule has 0 aliphatic rings. The van der Waals surface area contributed by atoms with Crippen LogP contribution in [0, 0.1) is 12.8 Å². The second kappa shape index (κ2) is 12.6. The maximum atomic E-state index is 13.7. The van der Waals surface area contributed by atoms with Crippen LogP contribution in [0.5, 0.6) is 0 Å². The van der Waals surface area contributed by atoms with Crippen LogP contribution in [-0.4, -0.2) is 50.5 Å². The van der Waals surface area contributed by atoms with Gasteiger partial charge < -0.3 is 10.2 Å². The minimum Gasteiger partial charge on any atom is -0.354 e. The van der Waals surface area contributed by atoms with E-state index in [4.69, 9.17) is 23.2 Å². The molecule has 2 aromatic carbocycles. The largest absolute Gasteiger partial charge is 0.354 e. The molecule has 35 heavy (non-hydrogen) atoms. The zero-order valence-corrected chi connectivity index (χ0v) is 23.0. The van der Waals surface area contributed by atoms with Crippen molar-refractivity contribution in [1.29, 1.82) is 0 Å². The number of carbonyl (C=O) groups is 2. The molecular formula is C25H33Cl2N3O4S. The zero-order chi connectivity index (χ0) is 26.3. The van der Waals surface area contributed by atoms with Crippen molar-refractivity contribution >= 4 is 50.7 Å². The van der Waals surface area contributed by atoms with Crippen LogP contribution >= 0.6 is 23.2 Å². The van der Waals surface area contributed by atoms with Gasteiger partial charge in [-0.3, -0.25) is 13.9 Å². The molecule has 2 amide bonds. The monoisotopic (exact) mass is 541 g/mol. The molecule has 0 saturated heterocycles. The SMILES string of the molecule is CC[C@@H](C(=O)NCC(C)C)N(Cc1ccccc1C)C(=O)CN(c1cc(Cl)cc(Cl)c1)S(C)(=O)=O. The molecule has 0 bridgehead atoms. The highest BCUT2D eigenvalue weighted by Gasteiger charge is 2.32. The number of halogens is 2. The van der Waals surface area contributed by atoms with Crippen molar-refractivity contribution in [2.75, 3.05) is 23.7 Å². The summed E-state index contributed by atoms with van der Waals surface area (Å²) < 4.78 is 26.3. The molecule has 0 aromatic heterocycles. The van der Waals surface area contributed by atoms with Crippen molar-refractivity contribution in [2.24, 2.45) is 5.92 Å². The van der Waals surface area contributed by atoms with Gasteiger partial charge in [0, 0.05) is 23.1 Å². The Labute approximate surface area is 218 Å². The molecule has 0 radical (unpaired) electrons.